The number of hydrogen-bond donors (Lipinski definition) is 1. The minimum Gasteiger partial charge on any atom is -0.379 e. The second kappa shape index (κ2) is 8.63. The number of morpholine rings is 1. The molecule has 1 aliphatic rings. The fraction of sp³-hybridized carbons (Fsp3) is 0.550. The summed E-state index contributed by atoms with van der Waals surface area (Å²) in [6.45, 7) is 10.8. The average molecular weight is 372 g/mol. The van der Waals surface area contributed by atoms with Crippen LogP contribution in [0.25, 0.3) is 10.8 Å². The first-order chi connectivity index (χ1) is 13.0. The van der Waals surface area contributed by atoms with Gasteiger partial charge in [-0.15, -0.1) is 0 Å². The predicted octanol–water partition coefficient (Wildman–Crippen LogP) is 1.68. The van der Waals surface area contributed by atoms with Crippen molar-refractivity contribution in [3.8, 4) is 0 Å². The lowest BCUT2D eigenvalue weighted by atomic mass is 10.1. The summed E-state index contributed by atoms with van der Waals surface area (Å²) >= 11 is 0. The van der Waals surface area contributed by atoms with Crippen molar-refractivity contribution in [1.82, 2.24) is 20.0 Å². The van der Waals surface area contributed by atoms with Crippen LogP contribution in [0.3, 0.4) is 0 Å². The highest BCUT2D eigenvalue weighted by Crippen LogP contribution is 2.15. The van der Waals surface area contributed by atoms with Gasteiger partial charge in [-0.05, 0) is 25.8 Å². The normalized spacial score (nSPS) is 16.6. The Balaban J connectivity index is 1.75. The van der Waals surface area contributed by atoms with Crippen LogP contribution < -0.4 is 10.9 Å². The molecule has 1 saturated heterocycles. The van der Waals surface area contributed by atoms with Crippen molar-refractivity contribution < 1.29 is 9.53 Å². The van der Waals surface area contributed by atoms with Gasteiger partial charge in [-0.2, -0.15) is 5.10 Å². The quantitative estimate of drug-likeness (QED) is 0.835. The van der Waals surface area contributed by atoms with E-state index in [-0.39, 0.29) is 17.5 Å². The van der Waals surface area contributed by atoms with Crippen molar-refractivity contribution in [3.05, 3.63) is 40.3 Å². The van der Waals surface area contributed by atoms with Crippen LogP contribution in [0.15, 0.2) is 29.1 Å². The summed E-state index contributed by atoms with van der Waals surface area (Å²) in [5, 5.41) is 8.47. The van der Waals surface area contributed by atoms with E-state index in [0.717, 1.165) is 32.8 Å². The molecule has 27 heavy (non-hydrogen) atoms. The summed E-state index contributed by atoms with van der Waals surface area (Å²) in [6.07, 6.45) is 0. The Morgan fingerprint density at radius 2 is 1.85 bits per heavy atom. The van der Waals surface area contributed by atoms with E-state index in [2.05, 4.69) is 22.2 Å². The number of fused-ring (bicyclic) bond motifs is 1. The first-order valence-electron chi connectivity index (χ1n) is 9.57. The van der Waals surface area contributed by atoms with Crippen LogP contribution in [0.2, 0.25) is 0 Å². The number of hydrogen-bond acceptors (Lipinski definition) is 5. The highest BCUT2D eigenvalue weighted by molar-refractivity contribution is 6.04. The van der Waals surface area contributed by atoms with E-state index >= 15 is 0 Å². The van der Waals surface area contributed by atoms with E-state index in [1.54, 1.807) is 18.2 Å². The third-order valence-electron chi connectivity index (χ3n) is 4.82. The molecule has 1 aromatic heterocycles. The molecule has 0 saturated carbocycles. The topological polar surface area (TPSA) is 76.5 Å². The summed E-state index contributed by atoms with van der Waals surface area (Å²) in [5.41, 5.74) is 0.135. The molecule has 2 heterocycles. The SMILES string of the molecule is CC(CNC(=O)c1nn(C(C)C)c(=O)c2ccccc12)CN1CCOCC1. The number of ether oxygens (including phenoxy) is 1. The number of benzene rings is 1. The number of nitrogens with zero attached hydrogens (tertiary/aromatic N) is 3. The molecule has 2 aromatic rings. The Bertz CT molecular complexity index is 856. The van der Waals surface area contributed by atoms with Crippen molar-refractivity contribution in [2.75, 3.05) is 39.4 Å². The summed E-state index contributed by atoms with van der Waals surface area (Å²) < 4.78 is 6.75. The standard InChI is InChI=1S/C20H28N4O3/c1-14(2)24-20(26)17-7-5-4-6-16(17)18(22-24)19(25)21-12-15(3)13-23-8-10-27-11-9-23/h4-7,14-15H,8-13H2,1-3H3,(H,21,25). The van der Waals surface area contributed by atoms with Crippen molar-refractivity contribution in [2.24, 2.45) is 5.92 Å². The van der Waals surface area contributed by atoms with Crippen LogP contribution >= 0.6 is 0 Å². The fourth-order valence-electron chi connectivity index (χ4n) is 3.36. The number of aromatic nitrogens is 2. The first-order valence-corrected chi connectivity index (χ1v) is 9.57. The zero-order valence-electron chi connectivity index (χ0n) is 16.3. The van der Waals surface area contributed by atoms with Gasteiger partial charge in [0.25, 0.3) is 11.5 Å². The molecule has 7 nitrogen and oxygen atoms in total. The monoisotopic (exact) mass is 372 g/mol. The number of amides is 1. The zero-order chi connectivity index (χ0) is 19.4. The molecule has 0 radical (unpaired) electrons. The van der Waals surface area contributed by atoms with Gasteiger partial charge in [0.15, 0.2) is 5.69 Å². The average Bonchev–Trinajstić information content (AvgIpc) is 2.67. The van der Waals surface area contributed by atoms with Crippen molar-refractivity contribution in [3.63, 3.8) is 0 Å². The van der Waals surface area contributed by atoms with E-state index in [1.165, 1.54) is 4.68 Å². The van der Waals surface area contributed by atoms with Gasteiger partial charge in [-0.1, -0.05) is 25.1 Å². The molecule has 1 atom stereocenters. The fourth-order valence-corrected chi connectivity index (χ4v) is 3.36. The van der Waals surface area contributed by atoms with E-state index in [9.17, 15) is 9.59 Å². The molecule has 0 spiro atoms. The summed E-state index contributed by atoms with van der Waals surface area (Å²) in [5.74, 6) is 0.0729. The second-order valence-electron chi connectivity index (χ2n) is 7.47. The van der Waals surface area contributed by atoms with Crippen LogP contribution in [0.1, 0.15) is 37.3 Å². The van der Waals surface area contributed by atoms with Crippen molar-refractivity contribution >= 4 is 16.7 Å². The van der Waals surface area contributed by atoms with E-state index in [4.69, 9.17) is 4.74 Å². The second-order valence-corrected chi connectivity index (χ2v) is 7.47. The molecule has 3 rings (SSSR count). The summed E-state index contributed by atoms with van der Waals surface area (Å²) in [6, 6.07) is 7.03. The Hall–Kier alpha value is -2.25. The number of carbonyl (C=O) groups excluding carboxylic acids is 1. The molecule has 1 amide bonds. The molecule has 1 aliphatic heterocycles. The lowest BCUT2D eigenvalue weighted by molar-refractivity contribution is 0.0317. The molecule has 1 aromatic carbocycles. The van der Waals surface area contributed by atoms with Gasteiger partial charge in [0.2, 0.25) is 0 Å². The Morgan fingerprint density at radius 1 is 1.19 bits per heavy atom. The predicted molar refractivity (Wildman–Crippen MR) is 105 cm³/mol. The summed E-state index contributed by atoms with van der Waals surface area (Å²) in [7, 11) is 0. The molecule has 0 aliphatic carbocycles. The molecule has 7 heteroatoms. The molecule has 1 unspecified atom stereocenters. The van der Waals surface area contributed by atoms with Crippen LogP contribution in [-0.4, -0.2) is 60.0 Å². The Morgan fingerprint density at radius 3 is 2.52 bits per heavy atom. The maximum Gasteiger partial charge on any atom is 0.274 e. The maximum absolute atomic E-state index is 12.8. The molecule has 1 N–H and O–H groups in total. The van der Waals surface area contributed by atoms with Gasteiger partial charge in [0, 0.05) is 31.6 Å². The van der Waals surface area contributed by atoms with E-state index < -0.39 is 0 Å². The molecular weight excluding hydrogens is 344 g/mol. The van der Waals surface area contributed by atoms with Gasteiger partial charge >= 0.3 is 0 Å². The van der Waals surface area contributed by atoms with Crippen LogP contribution in [-0.2, 0) is 4.74 Å². The number of rotatable bonds is 6. The van der Waals surface area contributed by atoms with Gasteiger partial charge in [0.05, 0.1) is 24.6 Å². The molecular formula is C20H28N4O3. The largest absolute Gasteiger partial charge is 0.379 e. The summed E-state index contributed by atoms with van der Waals surface area (Å²) in [4.78, 5) is 27.8. The number of nitrogens with one attached hydrogen (secondary N) is 1. The highest BCUT2D eigenvalue weighted by Gasteiger charge is 2.19. The van der Waals surface area contributed by atoms with Crippen LogP contribution in [0, 0.1) is 5.92 Å². The van der Waals surface area contributed by atoms with Crippen molar-refractivity contribution in [1.29, 1.82) is 0 Å². The van der Waals surface area contributed by atoms with E-state index in [1.807, 2.05) is 19.9 Å². The first kappa shape index (κ1) is 19.5. The van der Waals surface area contributed by atoms with Gasteiger partial charge in [0.1, 0.15) is 0 Å². The zero-order valence-corrected chi connectivity index (χ0v) is 16.3. The third-order valence-corrected chi connectivity index (χ3v) is 4.82. The smallest absolute Gasteiger partial charge is 0.274 e. The van der Waals surface area contributed by atoms with E-state index in [0.29, 0.717) is 28.9 Å². The van der Waals surface area contributed by atoms with Gasteiger partial charge in [-0.25, -0.2) is 4.68 Å². The van der Waals surface area contributed by atoms with Gasteiger partial charge in [-0.3, -0.25) is 14.5 Å². The Labute approximate surface area is 159 Å². The Kier molecular flexibility index (Phi) is 6.23. The minimum atomic E-state index is -0.241. The molecule has 1 fully saturated rings. The molecule has 146 valence electrons. The van der Waals surface area contributed by atoms with Crippen molar-refractivity contribution in [2.45, 2.75) is 26.8 Å². The maximum atomic E-state index is 12.8. The molecule has 0 bridgehead atoms. The van der Waals surface area contributed by atoms with Crippen LogP contribution in [0.5, 0.6) is 0 Å². The van der Waals surface area contributed by atoms with Crippen LogP contribution in [0.4, 0.5) is 0 Å². The minimum absolute atomic E-state index is 0.117. The third kappa shape index (κ3) is 4.54. The van der Waals surface area contributed by atoms with Gasteiger partial charge < -0.3 is 10.1 Å². The number of carbonyl (C=O) groups is 1. The lowest BCUT2D eigenvalue weighted by Crippen LogP contribution is -2.41. The highest BCUT2D eigenvalue weighted by atomic mass is 16.5. The lowest BCUT2D eigenvalue weighted by Gasteiger charge is -2.29.